The Bertz CT molecular complexity index is 1150. The van der Waals surface area contributed by atoms with Gasteiger partial charge in [0, 0.05) is 16.7 Å². The molecule has 5 heteroatoms. The van der Waals surface area contributed by atoms with E-state index < -0.39 is 17.4 Å². The van der Waals surface area contributed by atoms with Crippen molar-refractivity contribution in [2.45, 2.75) is 38.9 Å². The van der Waals surface area contributed by atoms with Gasteiger partial charge in [0.05, 0.1) is 6.54 Å². The number of carbonyl (C=O) groups is 2. The maximum Gasteiger partial charge on any atom is 0.255 e. The molecule has 158 valence electrons. The van der Waals surface area contributed by atoms with Crippen molar-refractivity contribution >= 4 is 11.8 Å². The van der Waals surface area contributed by atoms with E-state index in [1.54, 1.807) is 30.3 Å². The predicted molar refractivity (Wildman–Crippen MR) is 119 cm³/mol. The lowest BCUT2D eigenvalue weighted by Gasteiger charge is -2.33. The molecule has 1 N–H and O–H groups in total. The quantitative estimate of drug-likeness (QED) is 0.645. The molecule has 3 aromatic carbocycles. The van der Waals surface area contributed by atoms with Gasteiger partial charge in [-0.25, -0.2) is 4.39 Å². The summed E-state index contributed by atoms with van der Waals surface area (Å²) in [5, 5.41) is 3.01. The summed E-state index contributed by atoms with van der Waals surface area (Å²) >= 11 is 0. The zero-order valence-corrected chi connectivity index (χ0v) is 17.9. The van der Waals surface area contributed by atoms with E-state index in [0.29, 0.717) is 11.1 Å². The first-order valence-electron chi connectivity index (χ1n) is 10.3. The topological polar surface area (TPSA) is 49.4 Å². The van der Waals surface area contributed by atoms with Crippen LogP contribution in [-0.2, 0) is 11.3 Å². The van der Waals surface area contributed by atoms with E-state index in [-0.39, 0.29) is 18.4 Å². The molecule has 0 spiro atoms. The molecule has 4 nitrogen and oxygen atoms in total. The second kappa shape index (κ2) is 7.99. The highest BCUT2D eigenvalue weighted by Gasteiger charge is 2.38. The van der Waals surface area contributed by atoms with Crippen LogP contribution < -0.4 is 5.32 Å². The first-order chi connectivity index (χ1) is 14.8. The molecule has 1 aliphatic rings. The molecule has 0 radical (unpaired) electrons. The fraction of sp³-hybridized carbons (Fsp3) is 0.231. The van der Waals surface area contributed by atoms with Crippen molar-refractivity contribution in [2.24, 2.45) is 0 Å². The van der Waals surface area contributed by atoms with Crippen LogP contribution in [0.5, 0.6) is 0 Å². The molecule has 2 amide bonds. The number of hydrogen-bond acceptors (Lipinski definition) is 2. The molecule has 1 atom stereocenters. The van der Waals surface area contributed by atoms with E-state index in [0.717, 1.165) is 16.7 Å². The number of nitrogens with zero attached hydrogens (tertiary/aromatic N) is 1. The van der Waals surface area contributed by atoms with Crippen LogP contribution in [0.1, 0.15) is 48.3 Å². The van der Waals surface area contributed by atoms with Gasteiger partial charge in [-0.15, -0.1) is 0 Å². The number of benzene rings is 3. The molecule has 0 aromatic heterocycles. The third kappa shape index (κ3) is 4.08. The lowest BCUT2D eigenvalue weighted by molar-refractivity contribution is -0.127. The standard InChI is InChI=1S/C26H25FN2O2/c1-26(2,3)28-24(30)23-20-13-7-5-11-18(20)19-12-6-8-14-21(19)25(31)29(23)16-17-10-4-9-15-22(17)27/h4-15,23H,16H2,1-3H3,(H,28,30). The second-order valence-electron chi connectivity index (χ2n) is 8.80. The molecule has 31 heavy (non-hydrogen) atoms. The third-order valence-corrected chi connectivity index (χ3v) is 5.32. The van der Waals surface area contributed by atoms with Crippen LogP contribution in [0.3, 0.4) is 0 Å². The minimum atomic E-state index is -0.894. The van der Waals surface area contributed by atoms with Crippen molar-refractivity contribution in [2.75, 3.05) is 0 Å². The molecular formula is C26H25FN2O2. The van der Waals surface area contributed by atoms with Crippen molar-refractivity contribution < 1.29 is 14.0 Å². The van der Waals surface area contributed by atoms with Crippen molar-refractivity contribution in [3.05, 3.63) is 95.3 Å². The highest BCUT2D eigenvalue weighted by atomic mass is 19.1. The van der Waals surface area contributed by atoms with Gasteiger partial charge in [0.1, 0.15) is 11.9 Å². The predicted octanol–water partition coefficient (Wildman–Crippen LogP) is 5.10. The summed E-state index contributed by atoms with van der Waals surface area (Å²) in [6, 6.07) is 20.3. The summed E-state index contributed by atoms with van der Waals surface area (Å²) in [7, 11) is 0. The van der Waals surface area contributed by atoms with Gasteiger partial charge in [-0.3, -0.25) is 9.59 Å². The Morgan fingerprint density at radius 2 is 1.48 bits per heavy atom. The zero-order chi connectivity index (χ0) is 22.2. The Morgan fingerprint density at radius 1 is 0.903 bits per heavy atom. The van der Waals surface area contributed by atoms with Crippen LogP contribution in [0.15, 0.2) is 72.8 Å². The molecular weight excluding hydrogens is 391 g/mol. The Morgan fingerprint density at radius 3 is 2.16 bits per heavy atom. The average molecular weight is 416 g/mol. The lowest BCUT2D eigenvalue weighted by atomic mass is 9.93. The Hall–Kier alpha value is -3.47. The van der Waals surface area contributed by atoms with Gasteiger partial charge < -0.3 is 10.2 Å². The van der Waals surface area contributed by atoms with Crippen LogP contribution in [0.2, 0.25) is 0 Å². The molecule has 3 aromatic rings. The number of amides is 2. The maximum atomic E-state index is 14.5. The SMILES string of the molecule is CC(C)(C)NC(=O)C1c2ccccc2-c2ccccc2C(=O)N1Cc1ccccc1F. The highest BCUT2D eigenvalue weighted by molar-refractivity contribution is 6.05. The minimum Gasteiger partial charge on any atom is -0.349 e. The fourth-order valence-electron chi connectivity index (χ4n) is 4.02. The number of hydrogen-bond donors (Lipinski definition) is 1. The molecule has 4 rings (SSSR count). The Labute approximate surface area is 181 Å². The number of halogens is 1. The van der Waals surface area contributed by atoms with Crippen molar-refractivity contribution in [1.29, 1.82) is 0 Å². The Balaban J connectivity index is 1.92. The van der Waals surface area contributed by atoms with Crippen LogP contribution in [0.25, 0.3) is 11.1 Å². The Kier molecular flexibility index (Phi) is 5.36. The summed E-state index contributed by atoms with van der Waals surface area (Å²) < 4.78 is 14.5. The van der Waals surface area contributed by atoms with E-state index in [9.17, 15) is 14.0 Å². The van der Waals surface area contributed by atoms with Gasteiger partial charge in [0.25, 0.3) is 5.91 Å². The number of carbonyl (C=O) groups excluding carboxylic acids is 2. The van der Waals surface area contributed by atoms with E-state index in [1.165, 1.54) is 11.0 Å². The van der Waals surface area contributed by atoms with Gasteiger partial charge in [0.15, 0.2) is 0 Å². The molecule has 0 saturated heterocycles. The van der Waals surface area contributed by atoms with Gasteiger partial charge in [-0.1, -0.05) is 60.7 Å². The summed E-state index contributed by atoms with van der Waals surface area (Å²) in [5.74, 6) is -1.00. The molecule has 1 unspecified atom stereocenters. The van der Waals surface area contributed by atoms with Crippen molar-refractivity contribution in [1.82, 2.24) is 10.2 Å². The van der Waals surface area contributed by atoms with Gasteiger partial charge in [-0.2, -0.15) is 0 Å². The number of fused-ring (bicyclic) bond motifs is 3. The van der Waals surface area contributed by atoms with Crippen molar-refractivity contribution in [3.8, 4) is 11.1 Å². The van der Waals surface area contributed by atoms with Gasteiger partial charge in [-0.05, 0) is 49.6 Å². The number of rotatable bonds is 3. The summed E-state index contributed by atoms with van der Waals surface area (Å²) in [5.41, 5.74) is 2.69. The number of nitrogens with one attached hydrogen (secondary N) is 1. The van der Waals surface area contributed by atoms with Gasteiger partial charge >= 0.3 is 0 Å². The smallest absolute Gasteiger partial charge is 0.255 e. The van der Waals surface area contributed by atoms with E-state index in [4.69, 9.17) is 0 Å². The van der Waals surface area contributed by atoms with E-state index in [1.807, 2.05) is 57.2 Å². The van der Waals surface area contributed by atoms with Gasteiger partial charge in [0.2, 0.25) is 5.91 Å². The molecule has 0 bridgehead atoms. The zero-order valence-electron chi connectivity index (χ0n) is 17.9. The monoisotopic (exact) mass is 416 g/mol. The van der Waals surface area contributed by atoms with Crippen LogP contribution in [0.4, 0.5) is 4.39 Å². The molecule has 0 fully saturated rings. The summed E-state index contributed by atoms with van der Waals surface area (Å²) in [6.45, 7) is 5.66. The maximum absolute atomic E-state index is 14.5. The van der Waals surface area contributed by atoms with Crippen LogP contribution in [0, 0.1) is 5.82 Å². The highest BCUT2D eigenvalue weighted by Crippen LogP contribution is 2.39. The summed E-state index contributed by atoms with van der Waals surface area (Å²) in [4.78, 5) is 28.7. The average Bonchev–Trinajstić information content (AvgIpc) is 2.82. The summed E-state index contributed by atoms with van der Waals surface area (Å²) in [6.07, 6.45) is 0. The largest absolute Gasteiger partial charge is 0.349 e. The molecule has 1 aliphatic heterocycles. The van der Waals surface area contributed by atoms with E-state index in [2.05, 4.69) is 5.32 Å². The normalized spacial score (nSPS) is 15.7. The first kappa shape index (κ1) is 20.8. The molecule has 0 aliphatic carbocycles. The molecule has 1 heterocycles. The first-order valence-corrected chi connectivity index (χ1v) is 10.3. The van der Waals surface area contributed by atoms with E-state index >= 15 is 0 Å². The third-order valence-electron chi connectivity index (χ3n) is 5.32. The second-order valence-corrected chi connectivity index (χ2v) is 8.80. The molecule has 0 saturated carbocycles. The van der Waals surface area contributed by atoms with Crippen LogP contribution in [-0.4, -0.2) is 22.3 Å². The fourth-order valence-corrected chi connectivity index (χ4v) is 4.02. The minimum absolute atomic E-state index is 0.0175. The van der Waals surface area contributed by atoms with Crippen molar-refractivity contribution in [3.63, 3.8) is 0 Å². The lowest BCUT2D eigenvalue weighted by Crippen LogP contribution is -2.48. The van der Waals surface area contributed by atoms with Crippen LogP contribution >= 0.6 is 0 Å².